The lowest BCUT2D eigenvalue weighted by Gasteiger charge is -2.30. The standard InChI is InChI=1S/C26H35Cl2N3O4S/c1-5-6-14-29-26(33)20(3)30(18-21-12-13-22(27)17-24(21)28)25(32)11-8-15-31(36(4,34)35)23-10-7-9-19(2)16-23/h7,9-10,12-13,16-17,20H,5-6,8,11,14-15,18H2,1-4H3,(H,29,33)/t20-/m0/s1. The van der Waals surface area contributed by atoms with E-state index in [1.807, 2.05) is 19.9 Å². The highest BCUT2D eigenvalue weighted by molar-refractivity contribution is 7.92. The van der Waals surface area contributed by atoms with Crippen LogP contribution in [0.5, 0.6) is 0 Å². The normalized spacial score (nSPS) is 12.2. The van der Waals surface area contributed by atoms with Crippen LogP contribution in [0.3, 0.4) is 0 Å². The van der Waals surface area contributed by atoms with Crippen molar-refractivity contribution in [3.05, 3.63) is 63.6 Å². The highest BCUT2D eigenvalue weighted by Gasteiger charge is 2.27. The van der Waals surface area contributed by atoms with Crippen molar-refractivity contribution in [2.24, 2.45) is 0 Å². The van der Waals surface area contributed by atoms with E-state index < -0.39 is 16.1 Å². The Bertz CT molecular complexity index is 1160. The summed E-state index contributed by atoms with van der Waals surface area (Å²) in [6.45, 7) is 6.40. The van der Waals surface area contributed by atoms with Gasteiger partial charge in [-0.05, 0) is 62.1 Å². The third-order valence-corrected chi connectivity index (χ3v) is 7.58. The quantitative estimate of drug-likeness (QED) is 0.345. The van der Waals surface area contributed by atoms with E-state index >= 15 is 0 Å². The smallest absolute Gasteiger partial charge is 0.242 e. The van der Waals surface area contributed by atoms with E-state index in [2.05, 4.69) is 5.32 Å². The second-order valence-electron chi connectivity index (χ2n) is 8.86. The summed E-state index contributed by atoms with van der Waals surface area (Å²) in [6.07, 6.45) is 3.28. The Morgan fingerprint density at radius 2 is 1.81 bits per heavy atom. The molecule has 1 N–H and O–H groups in total. The van der Waals surface area contributed by atoms with Gasteiger partial charge in [0.15, 0.2) is 0 Å². The first-order valence-electron chi connectivity index (χ1n) is 12.0. The van der Waals surface area contributed by atoms with Crippen molar-refractivity contribution in [2.75, 3.05) is 23.7 Å². The van der Waals surface area contributed by atoms with Crippen LogP contribution >= 0.6 is 23.2 Å². The van der Waals surface area contributed by atoms with Crippen molar-refractivity contribution in [2.45, 2.75) is 59.0 Å². The van der Waals surface area contributed by atoms with Crippen LogP contribution in [0.4, 0.5) is 5.69 Å². The van der Waals surface area contributed by atoms with Crippen LogP contribution in [0.25, 0.3) is 0 Å². The van der Waals surface area contributed by atoms with Crippen molar-refractivity contribution in [3.63, 3.8) is 0 Å². The fourth-order valence-electron chi connectivity index (χ4n) is 3.74. The van der Waals surface area contributed by atoms with Crippen molar-refractivity contribution >= 4 is 50.7 Å². The number of hydrogen-bond acceptors (Lipinski definition) is 4. The van der Waals surface area contributed by atoms with Crippen LogP contribution in [0, 0.1) is 6.92 Å². The number of halogens is 2. The zero-order valence-electron chi connectivity index (χ0n) is 21.3. The van der Waals surface area contributed by atoms with E-state index in [9.17, 15) is 18.0 Å². The molecule has 2 aromatic carbocycles. The maximum atomic E-state index is 13.3. The molecule has 0 aromatic heterocycles. The molecule has 36 heavy (non-hydrogen) atoms. The largest absolute Gasteiger partial charge is 0.354 e. The van der Waals surface area contributed by atoms with Crippen molar-refractivity contribution in [3.8, 4) is 0 Å². The van der Waals surface area contributed by atoms with Gasteiger partial charge in [0.1, 0.15) is 6.04 Å². The fourth-order valence-corrected chi connectivity index (χ4v) is 5.16. The second kappa shape index (κ2) is 13.9. The summed E-state index contributed by atoms with van der Waals surface area (Å²) in [6, 6.07) is 11.5. The minimum atomic E-state index is -3.54. The third-order valence-electron chi connectivity index (χ3n) is 5.79. The molecule has 0 heterocycles. The Morgan fingerprint density at radius 3 is 2.42 bits per heavy atom. The summed E-state index contributed by atoms with van der Waals surface area (Å²) in [5.41, 5.74) is 2.16. The minimum absolute atomic E-state index is 0.0651. The van der Waals surface area contributed by atoms with Crippen LogP contribution in [0.15, 0.2) is 42.5 Å². The molecule has 1 atom stereocenters. The fraction of sp³-hybridized carbons (Fsp3) is 0.462. The Hall–Kier alpha value is -2.29. The number of carbonyl (C=O) groups is 2. The van der Waals surface area contributed by atoms with Crippen LogP contribution in [-0.4, -0.2) is 50.5 Å². The molecule has 10 heteroatoms. The molecule has 0 bridgehead atoms. The molecule has 0 unspecified atom stereocenters. The third kappa shape index (κ3) is 8.98. The summed E-state index contributed by atoms with van der Waals surface area (Å²) < 4.78 is 26.2. The monoisotopic (exact) mass is 555 g/mol. The van der Waals surface area contributed by atoms with Crippen LogP contribution in [0.1, 0.15) is 50.7 Å². The van der Waals surface area contributed by atoms with Gasteiger partial charge in [-0.1, -0.05) is 54.7 Å². The lowest BCUT2D eigenvalue weighted by Crippen LogP contribution is -2.48. The van der Waals surface area contributed by atoms with Crippen molar-refractivity contribution in [1.82, 2.24) is 10.2 Å². The van der Waals surface area contributed by atoms with Gasteiger partial charge in [-0.2, -0.15) is 0 Å². The Morgan fingerprint density at radius 1 is 1.08 bits per heavy atom. The number of unbranched alkanes of at least 4 members (excludes halogenated alkanes) is 1. The molecule has 2 aromatic rings. The molecule has 0 radical (unpaired) electrons. The number of amides is 2. The minimum Gasteiger partial charge on any atom is -0.354 e. The number of hydrogen-bond donors (Lipinski definition) is 1. The van der Waals surface area contributed by atoms with Gasteiger partial charge >= 0.3 is 0 Å². The highest BCUT2D eigenvalue weighted by atomic mass is 35.5. The average molecular weight is 557 g/mol. The van der Waals surface area contributed by atoms with Gasteiger partial charge in [-0.25, -0.2) is 8.42 Å². The van der Waals surface area contributed by atoms with E-state index in [0.717, 1.165) is 24.7 Å². The van der Waals surface area contributed by atoms with E-state index in [0.29, 0.717) is 27.8 Å². The molecular formula is C26H35Cl2N3O4S. The Labute approximate surface area is 224 Å². The summed E-state index contributed by atoms with van der Waals surface area (Å²) in [4.78, 5) is 27.6. The molecule has 198 valence electrons. The predicted molar refractivity (Wildman–Crippen MR) is 147 cm³/mol. The molecule has 7 nitrogen and oxygen atoms in total. The number of sulfonamides is 1. The maximum absolute atomic E-state index is 13.3. The van der Waals surface area contributed by atoms with Crippen LogP contribution < -0.4 is 9.62 Å². The topological polar surface area (TPSA) is 86.8 Å². The summed E-state index contributed by atoms with van der Waals surface area (Å²) >= 11 is 12.4. The Kier molecular flexibility index (Phi) is 11.5. The first-order chi connectivity index (χ1) is 16.9. The zero-order valence-corrected chi connectivity index (χ0v) is 23.6. The van der Waals surface area contributed by atoms with E-state index in [1.54, 1.807) is 43.3 Å². The number of anilines is 1. The predicted octanol–water partition coefficient (Wildman–Crippen LogP) is 5.18. The molecule has 2 rings (SSSR count). The second-order valence-corrected chi connectivity index (χ2v) is 11.6. The molecule has 0 aliphatic carbocycles. The van der Waals surface area contributed by atoms with E-state index in [1.165, 1.54) is 9.21 Å². The van der Waals surface area contributed by atoms with Crippen LogP contribution in [0.2, 0.25) is 10.0 Å². The van der Waals surface area contributed by atoms with Gasteiger partial charge in [0.2, 0.25) is 21.8 Å². The lowest BCUT2D eigenvalue weighted by molar-refractivity contribution is -0.140. The van der Waals surface area contributed by atoms with Gasteiger partial charge < -0.3 is 10.2 Å². The lowest BCUT2D eigenvalue weighted by atomic mass is 10.1. The van der Waals surface area contributed by atoms with Crippen LogP contribution in [-0.2, 0) is 26.2 Å². The average Bonchev–Trinajstić information content (AvgIpc) is 2.80. The summed E-state index contributed by atoms with van der Waals surface area (Å²) in [5, 5.41) is 3.75. The van der Waals surface area contributed by atoms with Gasteiger partial charge in [0.05, 0.1) is 11.9 Å². The maximum Gasteiger partial charge on any atom is 0.242 e. The van der Waals surface area contributed by atoms with Crippen molar-refractivity contribution < 1.29 is 18.0 Å². The summed E-state index contributed by atoms with van der Waals surface area (Å²) in [5.74, 6) is -0.517. The zero-order chi connectivity index (χ0) is 26.9. The molecule has 0 saturated carbocycles. The number of benzene rings is 2. The molecule has 0 aliphatic heterocycles. The van der Waals surface area contributed by atoms with Gasteiger partial charge in [-0.15, -0.1) is 0 Å². The number of carbonyl (C=O) groups excluding carboxylic acids is 2. The molecular weight excluding hydrogens is 521 g/mol. The molecule has 0 spiro atoms. The van der Waals surface area contributed by atoms with Gasteiger partial charge in [0.25, 0.3) is 0 Å². The molecule has 2 amide bonds. The number of nitrogens with one attached hydrogen (secondary N) is 1. The number of nitrogens with zero attached hydrogens (tertiary/aromatic N) is 2. The SMILES string of the molecule is CCCCNC(=O)[C@H](C)N(Cc1ccc(Cl)cc1Cl)C(=O)CCCN(c1cccc(C)c1)S(C)(=O)=O. The highest BCUT2D eigenvalue weighted by Crippen LogP contribution is 2.24. The molecule has 0 fully saturated rings. The first kappa shape index (κ1) is 29.9. The van der Waals surface area contributed by atoms with Gasteiger partial charge in [-0.3, -0.25) is 13.9 Å². The number of aryl methyl sites for hydroxylation is 1. The molecule has 0 aliphatic rings. The summed E-state index contributed by atoms with van der Waals surface area (Å²) in [7, 11) is -3.54. The van der Waals surface area contributed by atoms with Crippen molar-refractivity contribution in [1.29, 1.82) is 0 Å². The Balaban J connectivity index is 2.18. The van der Waals surface area contributed by atoms with E-state index in [4.69, 9.17) is 23.2 Å². The molecule has 0 saturated heterocycles. The number of rotatable bonds is 13. The van der Waals surface area contributed by atoms with E-state index in [-0.39, 0.29) is 37.7 Å². The van der Waals surface area contributed by atoms with Gasteiger partial charge in [0, 0.05) is 36.1 Å². The first-order valence-corrected chi connectivity index (χ1v) is 14.6.